The van der Waals surface area contributed by atoms with E-state index in [0.717, 1.165) is 5.33 Å². The van der Waals surface area contributed by atoms with Crippen LogP contribution in [-0.4, -0.2) is 31.0 Å². The summed E-state index contributed by atoms with van der Waals surface area (Å²) in [5.74, 6) is -1.08. The van der Waals surface area contributed by atoms with Gasteiger partial charge in [-0.3, -0.25) is 4.79 Å². The van der Waals surface area contributed by atoms with E-state index in [9.17, 15) is 9.18 Å². The molecule has 1 aromatic rings. The number of nitrogens with one attached hydrogen (secondary N) is 1. The lowest BCUT2D eigenvalue weighted by Gasteiger charge is -2.17. The fourth-order valence-corrected chi connectivity index (χ4v) is 2.19. The topological polar surface area (TPSA) is 38.3 Å². The van der Waals surface area contributed by atoms with Crippen LogP contribution >= 0.6 is 27.5 Å². The van der Waals surface area contributed by atoms with Crippen molar-refractivity contribution in [3.05, 3.63) is 34.6 Å². The average molecular weight is 339 g/mol. The third kappa shape index (κ3) is 4.55. The molecule has 0 saturated heterocycles. The number of amides is 1. The van der Waals surface area contributed by atoms with Crippen LogP contribution in [-0.2, 0) is 4.74 Å². The molecule has 0 aromatic heterocycles. The molecule has 0 fully saturated rings. The monoisotopic (exact) mass is 337 g/mol. The molecule has 1 amide bonds. The number of alkyl halides is 1. The third-order valence-corrected chi connectivity index (χ3v) is 3.03. The number of halogens is 3. The summed E-state index contributed by atoms with van der Waals surface area (Å²) in [5.41, 5.74) is -0.0572. The van der Waals surface area contributed by atoms with E-state index in [-0.39, 0.29) is 11.6 Å². The van der Waals surface area contributed by atoms with Gasteiger partial charge in [-0.15, -0.1) is 0 Å². The normalized spacial score (nSPS) is 12.2. The zero-order valence-electron chi connectivity index (χ0n) is 9.88. The van der Waals surface area contributed by atoms with E-state index in [4.69, 9.17) is 16.3 Å². The first kappa shape index (κ1) is 15.4. The SMILES string of the molecule is COCC(CCBr)NC(=O)c1cc(Cl)ccc1F. The zero-order chi connectivity index (χ0) is 13.5. The standard InChI is InChI=1S/C12H14BrClFNO2/c1-18-7-9(4-5-13)16-12(17)10-6-8(14)2-3-11(10)15/h2-3,6,9H,4-5,7H2,1H3,(H,16,17). The van der Waals surface area contributed by atoms with Gasteiger partial charge in [0.2, 0.25) is 0 Å². The van der Waals surface area contributed by atoms with Crippen molar-refractivity contribution in [2.24, 2.45) is 0 Å². The summed E-state index contributed by atoms with van der Waals surface area (Å²) in [6.07, 6.45) is 0.696. The van der Waals surface area contributed by atoms with Crippen LogP contribution in [0.2, 0.25) is 5.02 Å². The number of rotatable bonds is 6. The number of benzene rings is 1. The number of methoxy groups -OCH3 is 1. The van der Waals surface area contributed by atoms with Gasteiger partial charge in [-0.2, -0.15) is 0 Å². The molecular formula is C12H14BrClFNO2. The van der Waals surface area contributed by atoms with Crippen molar-refractivity contribution in [3.63, 3.8) is 0 Å². The molecule has 3 nitrogen and oxygen atoms in total. The van der Waals surface area contributed by atoms with Crippen LogP contribution in [0.3, 0.4) is 0 Å². The Hall–Kier alpha value is -0.650. The number of carbonyl (C=O) groups excluding carboxylic acids is 1. The lowest BCUT2D eigenvalue weighted by molar-refractivity contribution is 0.0891. The zero-order valence-corrected chi connectivity index (χ0v) is 12.2. The molecule has 6 heteroatoms. The minimum absolute atomic E-state index is 0.0572. The molecule has 0 aliphatic heterocycles. The van der Waals surface area contributed by atoms with Crippen molar-refractivity contribution in [3.8, 4) is 0 Å². The van der Waals surface area contributed by atoms with Crippen LogP contribution in [0.4, 0.5) is 4.39 Å². The highest BCUT2D eigenvalue weighted by Gasteiger charge is 2.16. The van der Waals surface area contributed by atoms with Gasteiger partial charge in [0.1, 0.15) is 5.82 Å². The van der Waals surface area contributed by atoms with E-state index in [1.54, 1.807) is 7.11 Å². The van der Waals surface area contributed by atoms with Crippen LogP contribution in [0.25, 0.3) is 0 Å². The highest BCUT2D eigenvalue weighted by Crippen LogP contribution is 2.15. The smallest absolute Gasteiger partial charge is 0.254 e. The molecule has 0 radical (unpaired) electrons. The van der Waals surface area contributed by atoms with E-state index in [1.165, 1.54) is 18.2 Å². The van der Waals surface area contributed by atoms with Gasteiger partial charge in [-0.1, -0.05) is 27.5 Å². The maximum Gasteiger partial charge on any atom is 0.254 e. The summed E-state index contributed by atoms with van der Waals surface area (Å²) in [7, 11) is 1.55. The van der Waals surface area contributed by atoms with Crippen LogP contribution in [0.5, 0.6) is 0 Å². The molecule has 1 rings (SSSR count). The Morgan fingerprint density at radius 2 is 2.33 bits per heavy atom. The number of ether oxygens (including phenoxy) is 1. The highest BCUT2D eigenvalue weighted by atomic mass is 79.9. The van der Waals surface area contributed by atoms with E-state index in [2.05, 4.69) is 21.2 Å². The maximum atomic E-state index is 13.5. The lowest BCUT2D eigenvalue weighted by Crippen LogP contribution is -2.38. The van der Waals surface area contributed by atoms with Gasteiger partial charge in [-0.05, 0) is 24.6 Å². The van der Waals surface area contributed by atoms with Gasteiger partial charge in [0.05, 0.1) is 18.2 Å². The fourth-order valence-electron chi connectivity index (χ4n) is 1.46. The van der Waals surface area contributed by atoms with E-state index in [1.807, 2.05) is 0 Å². The number of hydrogen-bond donors (Lipinski definition) is 1. The van der Waals surface area contributed by atoms with Crippen molar-refractivity contribution in [1.82, 2.24) is 5.32 Å². The highest BCUT2D eigenvalue weighted by molar-refractivity contribution is 9.09. The van der Waals surface area contributed by atoms with Crippen LogP contribution in [0.1, 0.15) is 16.8 Å². The van der Waals surface area contributed by atoms with Gasteiger partial charge < -0.3 is 10.1 Å². The van der Waals surface area contributed by atoms with Crippen LogP contribution in [0, 0.1) is 5.82 Å². The minimum Gasteiger partial charge on any atom is -0.383 e. The largest absolute Gasteiger partial charge is 0.383 e. The first-order valence-electron chi connectivity index (χ1n) is 5.39. The Morgan fingerprint density at radius 1 is 1.61 bits per heavy atom. The Bertz CT molecular complexity index is 411. The first-order valence-corrected chi connectivity index (χ1v) is 6.89. The van der Waals surface area contributed by atoms with E-state index in [0.29, 0.717) is 18.1 Å². The molecular weight excluding hydrogens is 324 g/mol. The van der Waals surface area contributed by atoms with Gasteiger partial charge >= 0.3 is 0 Å². The lowest BCUT2D eigenvalue weighted by atomic mass is 10.1. The minimum atomic E-state index is -0.591. The average Bonchev–Trinajstić information content (AvgIpc) is 2.33. The van der Waals surface area contributed by atoms with Gasteiger partial charge in [0.25, 0.3) is 5.91 Å². The second kappa shape index (κ2) is 7.71. The molecule has 1 N–H and O–H groups in total. The molecule has 0 heterocycles. The van der Waals surface area contributed by atoms with E-state index >= 15 is 0 Å². The summed E-state index contributed by atoms with van der Waals surface area (Å²) in [6.45, 7) is 0.375. The van der Waals surface area contributed by atoms with Gasteiger partial charge in [0.15, 0.2) is 0 Å². The third-order valence-electron chi connectivity index (χ3n) is 2.33. The molecule has 18 heavy (non-hydrogen) atoms. The van der Waals surface area contributed by atoms with Gasteiger partial charge in [0, 0.05) is 17.5 Å². The second-order valence-corrected chi connectivity index (χ2v) is 4.96. The van der Waals surface area contributed by atoms with Crippen LogP contribution < -0.4 is 5.32 Å². The van der Waals surface area contributed by atoms with Crippen molar-refractivity contribution in [2.75, 3.05) is 19.0 Å². The number of hydrogen-bond acceptors (Lipinski definition) is 2. The quantitative estimate of drug-likeness (QED) is 0.810. The molecule has 0 saturated carbocycles. The Balaban J connectivity index is 2.76. The molecule has 1 aromatic carbocycles. The summed E-state index contributed by atoms with van der Waals surface area (Å²) >= 11 is 9.03. The Morgan fingerprint density at radius 3 is 2.94 bits per heavy atom. The Kier molecular flexibility index (Phi) is 6.60. The predicted molar refractivity (Wildman–Crippen MR) is 73.0 cm³/mol. The predicted octanol–water partition coefficient (Wildman–Crippen LogP) is 3.01. The second-order valence-electron chi connectivity index (χ2n) is 3.73. The van der Waals surface area contributed by atoms with Crippen molar-refractivity contribution >= 4 is 33.4 Å². The summed E-state index contributed by atoms with van der Waals surface area (Å²) in [5, 5.41) is 3.76. The Labute approximate surface area is 119 Å². The maximum absolute atomic E-state index is 13.5. The number of carbonyl (C=O) groups is 1. The van der Waals surface area contributed by atoms with Gasteiger partial charge in [-0.25, -0.2) is 4.39 Å². The fraction of sp³-hybridized carbons (Fsp3) is 0.417. The summed E-state index contributed by atoms with van der Waals surface area (Å²) < 4.78 is 18.5. The summed E-state index contributed by atoms with van der Waals surface area (Å²) in [4.78, 5) is 11.9. The van der Waals surface area contributed by atoms with Crippen molar-refractivity contribution < 1.29 is 13.9 Å². The van der Waals surface area contributed by atoms with Crippen molar-refractivity contribution in [1.29, 1.82) is 0 Å². The first-order chi connectivity index (χ1) is 8.58. The van der Waals surface area contributed by atoms with E-state index < -0.39 is 11.7 Å². The molecule has 1 atom stereocenters. The van der Waals surface area contributed by atoms with Crippen molar-refractivity contribution in [2.45, 2.75) is 12.5 Å². The molecule has 0 bridgehead atoms. The van der Waals surface area contributed by atoms with Crippen LogP contribution in [0.15, 0.2) is 18.2 Å². The molecule has 100 valence electrons. The summed E-state index contributed by atoms with van der Waals surface area (Å²) in [6, 6.07) is 3.72. The molecule has 0 aliphatic rings. The molecule has 0 aliphatic carbocycles. The molecule has 1 unspecified atom stereocenters. The molecule has 0 spiro atoms.